The summed E-state index contributed by atoms with van der Waals surface area (Å²) >= 11 is 12.2. The van der Waals surface area contributed by atoms with E-state index in [1.165, 1.54) is 16.5 Å². The van der Waals surface area contributed by atoms with Crippen LogP contribution in [0.5, 0.6) is 0 Å². The number of aromatic amines is 1. The van der Waals surface area contributed by atoms with Crippen LogP contribution in [0.2, 0.25) is 10.0 Å². The third-order valence-electron chi connectivity index (χ3n) is 5.64. The van der Waals surface area contributed by atoms with Gasteiger partial charge in [0.05, 0.1) is 17.1 Å². The molecular formula is C22H20Cl2N4O. The van der Waals surface area contributed by atoms with Crippen LogP contribution in [-0.4, -0.2) is 33.2 Å². The SMILES string of the molecule is Clc1ccc(-c2nnc(CN3CCC(c4c[nH]c5ccccc45)CC3)o2)c(Cl)c1. The first-order chi connectivity index (χ1) is 14.2. The molecule has 0 unspecified atom stereocenters. The van der Waals surface area contributed by atoms with Gasteiger partial charge in [-0.05, 0) is 61.7 Å². The summed E-state index contributed by atoms with van der Waals surface area (Å²) in [6.07, 6.45) is 4.41. The highest BCUT2D eigenvalue weighted by molar-refractivity contribution is 6.36. The van der Waals surface area contributed by atoms with Crippen molar-refractivity contribution in [1.29, 1.82) is 0 Å². The first-order valence-corrected chi connectivity index (χ1v) is 10.5. The fourth-order valence-corrected chi connectivity index (χ4v) is 4.60. The lowest BCUT2D eigenvalue weighted by molar-refractivity contribution is 0.188. The van der Waals surface area contributed by atoms with Crippen LogP contribution in [0.4, 0.5) is 0 Å². The Morgan fingerprint density at radius 1 is 1.07 bits per heavy atom. The monoisotopic (exact) mass is 426 g/mol. The number of aromatic nitrogens is 3. The normalized spacial score (nSPS) is 15.9. The van der Waals surface area contributed by atoms with Gasteiger partial charge in [0.25, 0.3) is 0 Å². The van der Waals surface area contributed by atoms with Gasteiger partial charge in [-0.3, -0.25) is 4.90 Å². The maximum absolute atomic E-state index is 6.25. The molecule has 2 aromatic heterocycles. The van der Waals surface area contributed by atoms with Gasteiger partial charge in [0.1, 0.15) is 0 Å². The molecule has 0 radical (unpaired) electrons. The van der Waals surface area contributed by atoms with Gasteiger partial charge in [0, 0.05) is 22.1 Å². The van der Waals surface area contributed by atoms with Crippen LogP contribution in [0.15, 0.2) is 53.1 Å². The van der Waals surface area contributed by atoms with Crippen LogP contribution in [0.1, 0.15) is 30.2 Å². The second-order valence-electron chi connectivity index (χ2n) is 7.47. The van der Waals surface area contributed by atoms with E-state index in [0.29, 0.717) is 39.9 Å². The quantitative estimate of drug-likeness (QED) is 0.440. The Bertz CT molecular complexity index is 1140. The number of nitrogens with zero attached hydrogens (tertiary/aromatic N) is 3. The summed E-state index contributed by atoms with van der Waals surface area (Å²) < 4.78 is 5.85. The molecule has 29 heavy (non-hydrogen) atoms. The number of hydrogen-bond donors (Lipinski definition) is 1. The van der Waals surface area contributed by atoms with Crippen LogP contribution in [-0.2, 0) is 6.54 Å². The highest BCUT2D eigenvalue weighted by atomic mass is 35.5. The number of rotatable bonds is 4. The lowest BCUT2D eigenvalue weighted by atomic mass is 9.89. The Morgan fingerprint density at radius 3 is 2.72 bits per heavy atom. The van der Waals surface area contributed by atoms with Gasteiger partial charge in [0.15, 0.2) is 0 Å². The predicted molar refractivity (Wildman–Crippen MR) is 115 cm³/mol. The number of para-hydroxylation sites is 1. The Morgan fingerprint density at radius 2 is 1.90 bits per heavy atom. The van der Waals surface area contributed by atoms with E-state index in [1.54, 1.807) is 18.2 Å². The molecule has 0 saturated carbocycles. The maximum Gasteiger partial charge on any atom is 0.249 e. The molecule has 5 rings (SSSR count). The molecular weight excluding hydrogens is 407 g/mol. The van der Waals surface area contributed by atoms with Crippen molar-refractivity contribution in [2.45, 2.75) is 25.3 Å². The first-order valence-electron chi connectivity index (χ1n) is 9.73. The standard InChI is InChI=1S/C22H20Cl2N4O/c23-15-5-6-17(19(24)11-15)22-27-26-21(29-22)13-28-9-7-14(8-10-28)18-12-25-20-4-2-1-3-16(18)20/h1-6,11-12,14,25H,7-10,13H2. The van der Waals surface area contributed by atoms with Gasteiger partial charge in [-0.15, -0.1) is 10.2 Å². The molecule has 0 bridgehead atoms. The van der Waals surface area contributed by atoms with Crippen LogP contribution in [0, 0.1) is 0 Å². The van der Waals surface area contributed by atoms with Crippen LogP contribution >= 0.6 is 23.2 Å². The van der Waals surface area contributed by atoms with Gasteiger partial charge in [-0.2, -0.15) is 0 Å². The van der Waals surface area contributed by atoms with Crippen molar-refractivity contribution in [3.8, 4) is 11.5 Å². The van der Waals surface area contributed by atoms with Crippen molar-refractivity contribution in [3.05, 3.63) is 70.2 Å². The molecule has 4 aromatic rings. The van der Waals surface area contributed by atoms with Gasteiger partial charge < -0.3 is 9.40 Å². The first kappa shape index (κ1) is 18.7. The van der Waals surface area contributed by atoms with Gasteiger partial charge in [0.2, 0.25) is 11.8 Å². The number of hydrogen-bond acceptors (Lipinski definition) is 4. The van der Waals surface area contributed by atoms with Crippen LogP contribution < -0.4 is 0 Å². The molecule has 0 aliphatic carbocycles. The Hall–Kier alpha value is -2.34. The predicted octanol–water partition coefficient (Wildman–Crippen LogP) is 5.90. The Kier molecular flexibility index (Phi) is 5.04. The number of H-pyrrole nitrogens is 1. The number of likely N-dealkylation sites (tertiary alicyclic amines) is 1. The van der Waals surface area contributed by atoms with E-state index in [2.05, 4.69) is 50.5 Å². The van der Waals surface area contributed by atoms with E-state index in [0.717, 1.165) is 25.9 Å². The molecule has 148 valence electrons. The number of benzene rings is 2. The number of halogens is 2. The zero-order valence-corrected chi connectivity index (χ0v) is 17.2. The lowest BCUT2D eigenvalue weighted by Crippen LogP contribution is -2.32. The second-order valence-corrected chi connectivity index (χ2v) is 8.31. The second kappa shape index (κ2) is 7.82. The van der Waals surface area contributed by atoms with E-state index in [9.17, 15) is 0 Å². The lowest BCUT2D eigenvalue weighted by Gasteiger charge is -2.30. The van der Waals surface area contributed by atoms with E-state index in [4.69, 9.17) is 27.6 Å². The number of piperidine rings is 1. The minimum Gasteiger partial charge on any atom is -0.419 e. The van der Waals surface area contributed by atoms with E-state index in [1.807, 2.05) is 0 Å². The maximum atomic E-state index is 6.25. The molecule has 0 atom stereocenters. The third-order valence-corrected chi connectivity index (χ3v) is 6.18. The van der Waals surface area contributed by atoms with Crippen molar-refractivity contribution in [3.63, 3.8) is 0 Å². The molecule has 7 heteroatoms. The summed E-state index contributed by atoms with van der Waals surface area (Å²) in [7, 11) is 0. The highest BCUT2D eigenvalue weighted by Gasteiger charge is 2.24. The van der Waals surface area contributed by atoms with Crippen LogP contribution in [0.25, 0.3) is 22.4 Å². The number of nitrogens with one attached hydrogen (secondary N) is 1. The summed E-state index contributed by atoms with van der Waals surface area (Å²) in [5, 5.41) is 10.8. The summed E-state index contributed by atoms with van der Waals surface area (Å²) in [6.45, 7) is 2.66. The molecule has 1 saturated heterocycles. The topological polar surface area (TPSA) is 58.0 Å². The van der Waals surface area contributed by atoms with Gasteiger partial charge in [-0.25, -0.2) is 0 Å². The smallest absolute Gasteiger partial charge is 0.249 e. The number of fused-ring (bicyclic) bond motifs is 1. The average molecular weight is 427 g/mol. The zero-order valence-electron chi connectivity index (χ0n) is 15.7. The van der Waals surface area contributed by atoms with Crippen molar-refractivity contribution < 1.29 is 4.42 Å². The van der Waals surface area contributed by atoms with E-state index < -0.39 is 0 Å². The molecule has 1 aliphatic rings. The summed E-state index contributed by atoms with van der Waals surface area (Å²) in [6, 6.07) is 13.8. The Labute approximate surface area is 178 Å². The van der Waals surface area contributed by atoms with Gasteiger partial charge in [-0.1, -0.05) is 41.4 Å². The molecule has 1 fully saturated rings. The van der Waals surface area contributed by atoms with Crippen LogP contribution in [0.3, 0.4) is 0 Å². The molecule has 3 heterocycles. The molecule has 0 amide bonds. The van der Waals surface area contributed by atoms with E-state index >= 15 is 0 Å². The molecule has 5 nitrogen and oxygen atoms in total. The Balaban J connectivity index is 1.24. The fourth-order valence-electron chi connectivity index (χ4n) is 4.11. The molecule has 2 aromatic carbocycles. The van der Waals surface area contributed by atoms with Crippen molar-refractivity contribution in [1.82, 2.24) is 20.1 Å². The largest absolute Gasteiger partial charge is 0.419 e. The fraction of sp³-hybridized carbons (Fsp3) is 0.273. The van der Waals surface area contributed by atoms with Crippen molar-refractivity contribution in [2.24, 2.45) is 0 Å². The van der Waals surface area contributed by atoms with E-state index in [-0.39, 0.29) is 0 Å². The summed E-state index contributed by atoms with van der Waals surface area (Å²) in [5.41, 5.74) is 3.34. The minimum atomic E-state index is 0.426. The van der Waals surface area contributed by atoms with Gasteiger partial charge >= 0.3 is 0 Å². The zero-order chi connectivity index (χ0) is 19.8. The minimum absolute atomic E-state index is 0.426. The molecule has 1 N–H and O–H groups in total. The van der Waals surface area contributed by atoms with Crippen molar-refractivity contribution in [2.75, 3.05) is 13.1 Å². The summed E-state index contributed by atoms with van der Waals surface area (Å²) in [5.74, 6) is 1.61. The molecule has 1 aliphatic heterocycles. The average Bonchev–Trinajstić information content (AvgIpc) is 3.36. The molecule has 0 spiro atoms. The highest BCUT2D eigenvalue weighted by Crippen LogP contribution is 2.34. The summed E-state index contributed by atoms with van der Waals surface area (Å²) in [4.78, 5) is 5.76. The third kappa shape index (κ3) is 3.78. The van der Waals surface area contributed by atoms with Crippen molar-refractivity contribution >= 4 is 34.1 Å².